The molecule has 1 amide bonds. The number of aryl methyl sites for hydroxylation is 2. The van der Waals surface area contributed by atoms with Gasteiger partial charge >= 0.3 is 0 Å². The molecule has 0 spiro atoms. The lowest BCUT2D eigenvalue weighted by atomic mass is 9.89. The van der Waals surface area contributed by atoms with E-state index in [1.165, 1.54) is 11.3 Å². The van der Waals surface area contributed by atoms with Gasteiger partial charge in [-0.25, -0.2) is 4.98 Å². The number of nitrogens with one attached hydrogen (secondary N) is 1. The summed E-state index contributed by atoms with van der Waals surface area (Å²) in [6.45, 7) is 6.14. The van der Waals surface area contributed by atoms with E-state index in [-0.39, 0.29) is 17.6 Å². The van der Waals surface area contributed by atoms with Crippen LogP contribution >= 0.6 is 11.3 Å². The Labute approximate surface area is 146 Å². The van der Waals surface area contributed by atoms with Gasteiger partial charge in [-0.1, -0.05) is 12.1 Å². The minimum absolute atomic E-state index is 0.0239. The van der Waals surface area contributed by atoms with Gasteiger partial charge in [0, 0.05) is 23.8 Å². The maximum absolute atomic E-state index is 12.4. The number of rotatable bonds is 4. The van der Waals surface area contributed by atoms with Gasteiger partial charge < -0.3 is 15.8 Å². The van der Waals surface area contributed by atoms with Crippen LogP contribution in [0, 0.1) is 6.92 Å². The Hall–Kier alpha value is -2.08. The van der Waals surface area contributed by atoms with E-state index in [0.717, 1.165) is 29.0 Å². The first-order chi connectivity index (χ1) is 11.3. The number of benzene rings is 1. The van der Waals surface area contributed by atoms with Crippen LogP contribution in [0.1, 0.15) is 49.6 Å². The highest BCUT2D eigenvalue weighted by atomic mass is 32.1. The van der Waals surface area contributed by atoms with Crippen molar-refractivity contribution in [3.8, 4) is 5.75 Å². The Morgan fingerprint density at radius 3 is 3.00 bits per heavy atom. The quantitative estimate of drug-likeness (QED) is 0.890. The molecule has 0 saturated heterocycles. The molecule has 6 heteroatoms. The lowest BCUT2D eigenvalue weighted by Crippen LogP contribution is -2.41. The molecular weight excluding hydrogens is 322 g/mol. The SMILES string of the molecule is Cc1ccc2c(c1)OC(C)(C)C[C@@H]2NC(=O)CCc1csc(N)n1. The predicted molar refractivity (Wildman–Crippen MR) is 96.2 cm³/mol. The fourth-order valence-electron chi connectivity index (χ4n) is 3.03. The van der Waals surface area contributed by atoms with Crippen molar-refractivity contribution >= 4 is 22.4 Å². The third-order valence-electron chi connectivity index (χ3n) is 4.14. The predicted octanol–water partition coefficient (Wildman–Crippen LogP) is 3.38. The average Bonchev–Trinajstić information content (AvgIpc) is 2.89. The largest absolute Gasteiger partial charge is 0.487 e. The molecule has 3 N–H and O–H groups in total. The number of nitrogen functional groups attached to an aromatic ring is 1. The number of anilines is 1. The molecule has 3 rings (SSSR count). The van der Waals surface area contributed by atoms with Crippen LogP contribution in [0.3, 0.4) is 0 Å². The summed E-state index contributed by atoms with van der Waals surface area (Å²) in [6, 6.07) is 6.11. The number of carbonyl (C=O) groups excluding carboxylic acids is 1. The van der Waals surface area contributed by atoms with Gasteiger partial charge in [-0.15, -0.1) is 11.3 Å². The van der Waals surface area contributed by atoms with Crippen molar-refractivity contribution in [2.75, 3.05) is 5.73 Å². The van der Waals surface area contributed by atoms with Crippen molar-refractivity contribution in [2.45, 2.75) is 51.7 Å². The second-order valence-corrected chi connectivity index (χ2v) is 7.79. The summed E-state index contributed by atoms with van der Waals surface area (Å²) < 4.78 is 6.07. The first-order valence-corrected chi connectivity index (χ1v) is 8.99. The summed E-state index contributed by atoms with van der Waals surface area (Å²) >= 11 is 1.40. The third kappa shape index (κ3) is 3.87. The molecule has 0 fully saturated rings. The van der Waals surface area contributed by atoms with E-state index >= 15 is 0 Å². The zero-order valence-electron chi connectivity index (χ0n) is 14.3. The summed E-state index contributed by atoms with van der Waals surface area (Å²) in [5.74, 6) is 0.889. The van der Waals surface area contributed by atoms with Crippen LogP contribution in [0.4, 0.5) is 5.13 Å². The first kappa shape index (κ1) is 16.8. The van der Waals surface area contributed by atoms with Gasteiger partial charge in [0.1, 0.15) is 11.4 Å². The molecule has 1 aromatic heterocycles. The molecular formula is C18H23N3O2S. The number of carbonyl (C=O) groups is 1. The topological polar surface area (TPSA) is 77.2 Å². The monoisotopic (exact) mass is 345 g/mol. The van der Waals surface area contributed by atoms with E-state index in [1.54, 1.807) is 0 Å². The van der Waals surface area contributed by atoms with Crippen LogP contribution in [0.15, 0.2) is 23.6 Å². The van der Waals surface area contributed by atoms with Gasteiger partial charge in [-0.05, 0) is 38.8 Å². The summed E-state index contributed by atoms with van der Waals surface area (Å²) in [5.41, 5.74) is 8.39. The molecule has 0 unspecified atom stereocenters. The molecule has 1 aliphatic rings. The second-order valence-electron chi connectivity index (χ2n) is 6.90. The van der Waals surface area contributed by atoms with E-state index in [9.17, 15) is 4.79 Å². The standard InChI is InChI=1S/C18H23N3O2S/c1-11-4-6-13-14(9-18(2,3)23-15(13)8-11)21-16(22)7-5-12-10-24-17(19)20-12/h4,6,8,10,14H,5,7,9H2,1-3H3,(H2,19,20)(H,21,22)/t14-/m0/s1. The lowest BCUT2D eigenvalue weighted by molar-refractivity contribution is -0.122. The summed E-state index contributed by atoms with van der Waals surface area (Å²) in [7, 11) is 0. The molecule has 1 aromatic carbocycles. The van der Waals surface area contributed by atoms with Crippen LogP contribution in [0.25, 0.3) is 0 Å². The second kappa shape index (κ2) is 6.43. The minimum Gasteiger partial charge on any atom is -0.487 e. The highest BCUT2D eigenvalue weighted by molar-refractivity contribution is 7.13. The molecule has 0 radical (unpaired) electrons. The van der Waals surface area contributed by atoms with Crippen LogP contribution in [-0.4, -0.2) is 16.5 Å². The normalized spacial score (nSPS) is 18.5. The van der Waals surface area contributed by atoms with E-state index < -0.39 is 0 Å². The van der Waals surface area contributed by atoms with Gasteiger partial charge in [0.25, 0.3) is 0 Å². The highest BCUT2D eigenvalue weighted by Gasteiger charge is 2.34. The zero-order valence-corrected chi connectivity index (χ0v) is 15.1. The first-order valence-electron chi connectivity index (χ1n) is 8.11. The van der Waals surface area contributed by atoms with Crippen molar-refractivity contribution in [1.82, 2.24) is 10.3 Å². The van der Waals surface area contributed by atoms with Gasteiger partial charge in [0.05, 0.1) is 11.7 Å². The number of amides is 1. The molecule has 1 atom stereocenters. The number of aromatic nitrogens is 1. The van der Waals surface area contributed by atoms with E-state index in [2.05, 4.69) is 30.2 Å². The molecule has 0 bridgehead atoms. The Bertz CT molecular complexity index is 754. The molecule has 128 valence electrons. The number of nitrogens with zero attached hydrogens (tertiary/aromatic N) is 1. The minimum atomic E-state index is -0.303. The molecule has 5 nitrogen and oxygen atoms in total. The van der Waals surface area contributed by atoms with Crippen molar-refractivity contribution < 1.29 is 9.53 Å². The smallest absolute Gasteiger partial charge is 0.220 e. The lowest BCUT2D eigenvalue weighted by Gasteiger charge is -2.38. The van der Waals surface area contributed by atoms with Crippen LogP contribution in [-0.2, 0) is 11.2 Å². The summed E-state index contributed by atoms with van der Waals surface area (Å²) in [4.78, 5) is 16.6. The van der Waals surface area contributed by atoms with Crippen molar-refractivity contribution in [3.05, 3.63) is 40.4 Å². The molecule has 2 heterocycles. The molecule has 1 aliphatic heterocycles. The molecule has 24 heavy (non-hydrogen) atoms. The number of thiazole rings is 1. The number of hydrogen-bond acceptors (Lipinski definition) is 5. The van der Waals surface area contributed by atoms with Crippen LogP contribution in [0.5, 0.6) is 5.75 Å². The highest BCUT2D eigenvalue weighted by Crippen LogP contribution is 2.39. The maximum Gasteiger partial charge on any atom is 0.220 e. The van der Waals surface area contributed by atoms with Gasteiger partial charge in [0.15, 0.2) is 5.13 Å². The number of hydrogen-bond donors (Lipinski definition) is 2. The van der Waals surface area contributed by atoms with Gasteiger partial charge in [-0.2, -0.15) is 0 Å². The van der Waals surface area contributed by atoms with Crippen molar-refractivity contribution in [2.24, 2.45) is 0 Å². The third-order valence-corrected chi connectivity index (χ3v) is 4.86. The Morgan fingerprint density at radius 2 is 2.29 bits per heavy atom. The number of ether oxygens (including phenoxy) is 1. The Kier molecular flexibility index (Phi) is 4.49. The van der Waals surface area contributed by atoms with Crippen molar-refractivity contribution in [3.63, 3.8) is 0 Å². The summed E-state index contributed by atoms with van der Waals surface area (Å²) in [5, 5.41) is 5.60. The fourth-order valence-corrected chi connectivity index (χ4v) is 3.63. The van der Waals surface area contributed by atoms with E-state index in [1.807, 2.05) is 24.4 Å². The van der Waals surface area contributed by atoms with E-state index in [4.69, 9.17) is 10.5 Å². The number of nitrogens with two attached hydrogens (primary N) is 1. The maximum atomic E-state index is 12.4. The van der Waals surface area contributed by atoms with E-state index in [0.29, 0.717) is 18.0 Å². The molecule has 2 aromatic rings. The average molecular weight is 345 g/mol. The van der Waals surface area contributed by atoms with Crippen molar-refractivity contribution in [1.29, 1.82) is 0 Å². The number of fused-ring (bicyclic) bond motifs is 1. The Morgan fingerprint density at radius 1 is 1.50 bits per heavy atom. The zero-order chi connectivity index (χ0) is 17.3. The Balaban J connectivity index is 1.68. The molecule has 0 aliphatic carbocycles. The van der Waals surface area contributed by atoms with Crippen LogP contribution in [0.2, 0.25) is 0 Å². The van der Waals surface area contributed by atoms with Gasteiger partial charge in [-0.3, -0.25) is 4.79 Å². The van der Waals surface area contributed by atoms with Crippen LogP contribution < -0.4 is 15.8 Å². The fraction of sp³-hybridized carbons (Fsp3) is 0.444. The molecule has 0 saturated carbocycles. The summed E-state index contributed by atoms with van der Waals surface area (Å²) in [6.07, 6.45) is 1.76. The van der Waals surface area contributed by atoms with Gasteiger partial charge in [0.2, 0.25) is 5.91 Å².